The lowest BCUT2D eigenvalue weighted by molar-refractivity contribution is 0.0880. The Morgan fingerprint density at radius 3 is 2.77 bits per heavy atom. The second-order valence-electron chi connectivity index (χ2n) is 5.79. The highest BCUT2D eigenvalue weighted by Crippen LogP contribution is 2.39. The summed E-state index contributed by atoms with van der Waals surface area (Å²) in [6, 6.07) is 6.33. The van der Waals surface area contributed by atoms with Gasteiger partial charge in [0, 0.05) is 25.3 Å². The summed E-state index contributed by atoms with van der Waals surface area (Å²) >= 11 is 0. The standard InChI is InChI=1S/C18H15FN2O/c1-2-18-9-7-13-12-20-21(15-5-3-14(19)4-6-15)17(13)11-16(22-18)8-10-18/h1,3-6,11-12H,7-10H2/t18-/m1/s1. The Kier molecular flexibility index (Phi) is 2.83. The fourth-order valence-electron chi connectivity index (χ4n) is 3.14. The third kappa shape index (κ3) is 2.01. The van der Waals surface area contributed by atoms with Gasteiger partial charge in [0.1, 0.15) is 11.6 Å². The van der Waals surface area contributed by atoms with E-state index < -0.39 is 5.60 Å². The maximum absolute atomic E-state index is 13.1. The van der Waals surface area contributed by atoms with Gasteiger partial charge in [-0.05, 0) is 36.2 Å². The molecule has 2 aromatic rings. The second kappa shape index (κ2) is 4.74. The van der Waals surface area contributed by atoms with E-state index >= 15 is 0 Å². The first kappa shape index (κ1) is 13.1. The average Bonchev–Trinajstić information content (AvgIpc) is 3.11. The van der Waals surface area contributed by atoms with Crippen LogP contribution in [0.2, 0.25) is 0 Å². The van der Waals surface area contributed by atoms with Crippen molar-refractivity contribution in [1.82, 2.24) is 9.78 Å². The van der Waals surface area contributed by atoms with Gasteiger partial charge in [-0.1, -0.05) is 5.92 Å². The first-order chi connectivity index (χ1) is 10.7. The summed E-state index contributed by atoms with van der Waals surface area (Å²) < 4.78 is 20.9. The van der Waals surface area contributed by atoms with Crippen LogP contribution >= 0.6 is 0 Å². The number of fused-ring (bicyclic) bond motifs is 3. The van der Waals surface area contributed by atoms with Crippen LogP contribution in [0.5, 0.6) is 0 Å². The number of halogens is 1. The summed E-state index contributed by atoms with van der Waals surface area (Å²) in [5.74, 6) is 3.47. The molecule has 0 radical (unpaired) electrons. The first-order valence-electron chi connectivity index (χ1n) is 7.39. The normalized spacial score (nSPS) is 22.8. The lowest BCUT2D eigenvalue weighted by atomic mass is 9.93. The Labute approximate surface area is 128 Å². The van der Waals surface area contributed by atoms with Crippen molar-refractivity contribution >= 4 is 6.08 Å². The quantitative estimate of drug-likeness (QED) is 0.753. The minimum Gasteiger partial charge on any atom is -0.479 e. The van der Waals surface area contributed by atoms with E-state index in [2.05, 4.69) is 11.0 Å². The van der Waals surface area contributed by atoms with Gasteiger partial charge in [-0.25, -0.2) is 9.07 Å². The number of aromatic nitrogens is 2. The molecule has 3 heterocycles. The molecule has 0 saturated carbocycles. The Balaban J connectivity index is 1.80. The smallest absolute Gasteiger partial charge is 0.169 e. The zero-order valence-corrected chi connectivity index (χ0v) is 12.1. The first-order valence-corrected chi connectivity index (χ1v) is 7.39. The zero-order chi connectivity index (χ0) is 15.2. The van der Waals surface area contributed by atoms with E-state index in [0.29, 0.717) is 0 Å². The third-order valence-electron chi connectivity index (χ3n) is 4.42. The number of aryl methyl sites for hydroxylation is 1. The molecule has 1 saturated heterocycles. The van der Waals surface area contributed by atoms with E-state index in [4.69, 9.17) is 11.2 Å². The van der Waals surface area contributed by atoms with Crippen molar-refractivity contribution in [2.45, 2.75) is 31.3 Å². The number of ether oxygens (including phenoxy) is 1. The van der Waals surface area contributed by atoms with Gasteiger partial charge in [-0.3, -0.25) is 0 Å². The molecule has 2 aliphatic heterocycles. The SMILES string of the molecule is C#C[C@]12CCC(=Cc3c(cnn3-c3ccc(F)cc3)CC1)O2. The molecule has 1 fully saturated rings. The Morgan fingerprint density at radius 1 is 1.23 bits per heavy atom. The second-order valence-corrected chi connectivity index (χ2v) is 5.79. The minimum atomic E-state index is -0.457. The lowest BCUT2D eigenvalue weighted by Crippen LogP contribution is -2.26. The Bertz CT molecular complexity index is 797. The van der Waals surface area contributed by atoms with Crippen LogP contribution in [0.3, 0.4) is 0 Å². The molecule has 0 aliphatic carbocycles. The van der Waals surface area contributed by atoms with E-state index in [1.165, 1.54) is 12.1 Å². The van der Waals surface area contributed by atoms with Gasteiger partial charge in [0.25, 0.3) is 0 Å². The van der Waals surface area contributed by atoms with Crippen LogP contribution in [0.1, 0.15) is 30.5 Å². The van der Waals surface area contributed by atoms with Crippen molar-refractivity contribution < 1.29 is 9.13 Å². The molecule has 0 N–H and O–H groups in total. The molecule has 0 spiro atoms. The summed E-state index contributed by atoms with van der Waals surface area (Å²) in [6.07, 6.45) is 12.9. The molecule has 4 rings (SSSR count). The third-order valence-corrected chi connectivity index (χ3v) is 4.42. The highest BCUT2D eigenvalue weighted by atomic mass is 19.1. The summed E-state index contributed by atoms with van der Waals surface area (Å²) in [5, 5.41) is 4.46. The van der Waals surface area contributed by atoms with Gasteiger partial charge in [0.05, 0.1) is 17.6 Å². The van der Waals surface area contributed by atoms with Crippen molar-refractivity contribution in [2.75, 3.05) is 0 Å². The molecule has 22 heavy (non-hydrogen) atoms. The molecule has 0 amide bonds. The van der Waals surface area contributed by atoms with Crippen LogP contribution in [-0.2, 0) is 11.2 Å². The molecule has 1 atom stereocenters. The Hall–Kier alpha value is -2.54. The zero-order valence-electron chi connectivity index (χ0n) is 12.1. The van der Waals surface area contributed by atoms with Crippen LogP contribution in [-0.4, -0.2) is 15.4 Å². The maximum atomic E-state index is 13.1. The number of rotatable bonds is 1. The molecular formula is C18H15FN2O. The van der Waals surface area contributed by atoms with E-state index in [9.17, 15) is 4.39 Å². The van der Waals surface area contributed by atoms with E-state index in [0.717, 1.165) is 48.4 Å². The van der Waals surface area contributed by atoms with E-state index in [-0.39, 0.29) is 5.82 Å². The van der Waals surface area contributed by atoms with Crippen molar-refractivity contribution in [1.29, 1.82) is 0 Å². The fraction of sp³-hybridized carbons (Fsp3) is 0.278. The van der Waals surface area contributed by atoms with Gasteiger partial charge in [0.15, 0.2) is 5.60 Å². The van der Waals surface area contributed by atoms with Gasteiger partial charge < -0.3 is 4.74 Å². The number of hydrogen-bond donors (Lipinski definition) is 0. The summed E-state index contributed by atoms with van der Waals surface area (Å²) in [5.41, 5.74) is 2.52. The van der Waals surface area contributed by atoms with Crippen LogP contribution in [0, 0.1) is 18.2 Å². The molecule has 1 aromatic carbocycles. The fourth-order valence-corrected chi connectivity index (χ4v) is 3.14. The van der Waals surface area contributed by atoms with Crippen LogP contribution in [0.25, 0.3) is 11.8 Å². The van der Waals surface area contributed by atoms with Crippen molar-refractivity contribution in [3.8, 4) is 18.0 Å². The summed E-state index contributed by atoms with van der Waals surface area (Å²) in [4.78, 5) is 0. The summed E-state index contributed by atoms with van der Waals surface area (Å²) in [6.45, 7) is 0. The highest BCUT2D eigenvalue weighted by molar-refractivity contribution is 5.56. The molecule has 4 heteroatoms. The number of benzene rings is 1. The predicted octanol–water partition coefficient (Wildman–Crippen LogP) is 3.48. The lowest BCUT2D eigenvalue weighted by Gasteiger charge is -2.24. The molecular weight excluding hydrogens is 279 g/mol. The predicted molar refractivity (Wildman–Crippen MR) is 81.7 cm³/mol. The molecule has 0 unspecified atom stereocenters. The maximum Gasteiger partial charge on any atom is 0.169 e. The Morgan fingerprint density at radius 2 is 2.00 bits per heavy atom. The van der Waals surface area contributed by atoms with Gasteiger partial charge in [0.2, 0.25) is 0 Å². The minimum absolute atomic E-state index is 0.255. The van der Waals surface area contributed by atoms with Gasteiger partial charge >= 0.3 is 0 Å². The number of nitrogens with zero attached hydrogens (tertiary/aromatic N) is 2. The number of terminal acetylenes is 1. The summed E-state index contributed by atoms with van der Waals surface area (Å²) in [7, 11) is 0. The van der Waals surface area contributed by atoms with Gasteiger partial charge in [-0.15, -0.1) is 6.42 Å². The van der Waals surface area contributed by atoms with Crippen molar-refractivity contribution in [2.24, 2.45) is 0 Å². The number of hydrogen-bond acceptors (Lipinski definition) is 2. The van der Waals surface area contributed by atoms with Crippen LogP contribution in [0.15, 0.2) is 36.2 Å². The number of allylic oxidation sites excluding steroid dienone is 1. The molecule has 2 aliphatic rings. The average molecular weight is 294 g/mol. The molecule has 3 nitrogen and oxygen atoms in total. The van der Waals surface area contributed by atoms with Gasteiger partial charge in [-0.2, -0.15) is 5.10 Å². The van der Waals surface area contributed by atoms with Crippen LogP contribution in [0.4, 0.5) is 4.39 Å². The molecule has 2 bridgehead atoms. The monoisotopic (exact) mass is 294 g/mol. The largest absolute Gasteiger partial charge is 0.479 e. The van der Waals surface area contributed by atoms with Crippen LogP contribution < -0.4 is 0 Å². The van der Waals surface area contributed by atoms with E-state index in [1.807, 2.05) is 17.0 Å². The van der Waals surface area contributed by atoms with Crippen molar-refractivity contribution in [3.63, 3.8) is 0 Å². The van der Waals surface area contributed by atoms with Crippen molar-refractivity contribution in [3.05, 3.63) is 53.3 Å². The van der Waals surface area contributed by atoms with E-state index in [1.54, 1.807) is 12.1 Å². The molecule has 110 valence electrons. The topological polar surface area (TPSA) is 27.1 Å². The highest BCUT2D eigenvalue weighted by Gasteiger charge is 2.38. The molecule has 1 aromatic heterocycles.